The summed E-state index contributed by atoms with van der Waals surface area (Å²) in [6.45, 7) is 4.51. The maximum atomic E-state index is 14.9. The van der Waals surface area contributed by atoms with Crippen molar-refractivity contribution in [2.45, 2.75) is 155 Å². The Bertz CT molecular complexity index is 616. The highest BCUT2D eigenvalue weighted by molar-refractivity contribution is 5.29. The number of benzene rings is 1. The van der Waals surface area contributed by atoms with E-state index in [-0.39, 0.29) is 5.92 Å². The van der Waals surface area contributed by atoms with Crippen molar-refractivity contribution < 1.29 is 8.78 Å². The molecule has 0 heterocycles. The van der Waals surface area contributed by atoms with Crippen molar-refractivity contribution >= 4 is 0 Å². The van der Waals surface area contributed by atoms with E-state index in [0.717, 1.165) is 31.6 Å². The minimum atomic E-state index is -0.569. The van der Waals surface area contributed by atoms with Gasteiger partial charge in [-0.1, -0.05) is 122 Å². The Kier molecular flexibility index (Phi) is 15.0. The molecule has 1 aliphatic rings. The van der Waals surface area contributed by atoms with Crippen LogP contribution in [0, 0.1) is 17.6 Å². The van der Waals surface area contributed by atoms with Crippen molar-refractivity contribution in [3.05, 3.63) is 34.9 Å². The van der Waals surface area contributed by atoms with Gasteiger partial charge in [-0.15, -0.1) is 0 Å². The lowest BCUT2D eigenvalue weighted by Gasteiger charge is -2.29. The van der Waals surface area contributed by atoms with Gasteiger partial charge in [0, 0.05) is 0 Å². The molecule has 1 aromatic carbocycles. The van der Waals surface area contributed by atoms with Crippen LogP contribution in [0.4, 0.5) is 8.78 Å². The van der Waals surface area contributed by atoms with Crippen molar-refractivity contribution in [3.63, 3.8) is 0 Å². The summed E-state index contributed by atoms with van der Waals surface area (Å²) in [6, 6.07) is 3.77. The average molecular weight is 463 g/mol. The quantitative estimate of drug-likeness (QED) is 0.190. The first kappa shape index (κ1) is 28.3. The molecule has 0 aromatic heterocycles. The lowest BCUT2D eigenvalue weighted by Crippen LogP contribution is -2.15. The molecule has 0 atom stereocenters. The zero-order valence-electron chi connectivity index (χ0n) is 21.9. The summed E-state index contributed by atoms with van der Waals surface area (Å²) < 4.78 is 29.6. The highest BCUT2D eigenvalue weighted by Gasteiger charge is 2.26. The van der Waals surface area contributed by atoms with Crippen LogP contribution in [0.25, 0.3) is 0 Å². The SMILES string of the molecule is CCCCCCCCCCCCCCc1ccc(C2CCC(CCCCC)CC2)c(F)c1F. The van der Waals surface area contributed by atoms with Crippen molar-refractivity contribution in [2.75, 3.05) is 0 Å². The fourth-order valence-electron chi connectivity index (χ4n) is 5.71. The maximum absolute atomic E-state index is 14.9. The lowest BCUT2D eigenvalue weighted by atomic mass is 9.76. The van der Waals surface area contributed by atoms with Crippen LogP contribution in [-0.2, 0) is 6.42 Å². The molecular formula is C31H52F2. The summed E-state index contributed by atoms with van der Waals surface area (Å²) in [4.78, 5) is 0. The Labute approximate surface area is 204 Å². The minimum Gasteiger partial charge on any atom is -0.203 e. The molecule has 190 valence electrons. The normalized spacial score (nSPS) is 18.7. The third-order valence-corrected chi connectivity index (χ3v) is 7.99. The van der Waals surface area contributed by atoms with Gasteiger partial charge in [0.05, 0.1) is 0 Å². The van der Waals surface area contributed by atoms with Crippen molar-refractivity contribution in [2.24, 2.45) is 5.92 Å². The van der Waals surface area contributed by atoms with Gasteiger partial charge in [0.15, 0.2) is 11.6 Å². The number of unbranched alkanes of at least 4 members (excludes halogenated alkanes) is 13. The molecule has 0 saturated heterocycles. The van der Waals surface area contributed by atoms with E-state index in [1.807, 2.05) is 12.1 Å². The summed E-state index contributed by atoms with van der Waals surface area (Å²) in [7, 11) is 0. The zero-order valence-corrected chi connectivity index (χ0v) is 21.9. The summed E-state index contributed by atoms with van der Waals surface area (Å²) in [5.41, 5.74) is 1.22. The zero-order chi connectivity index (χ0) is 23.7. The van der Waals surface area contributed by atoms with Crippen molar-refractivity contribution in [3.8, 4) is 0 Å². The lowest BCUT2D eigenvalue weighted by molar-refractivity contribution is 0.297. The molecule has 2 heteroatoms. The number of hydrogen-bond acceptors (Lipinski definition) is 0. The Hall–Kier alpha value is -0.920. The van der Waals surface area contributed by atoms with Crippen molar-refractivity contribution in [1.29, 1.82) is 0 Å². The first-order valence-corrected chi connectivity index (χ1v) is 14.6. The van der Waals surface area contributed by atoms with Gasteiger partial charge in [0.1, 0.15) is 0 Å². The summed E-state index contributed by atoms with van der Waals surface area (Å²) in [5, 5.41) is 0. The fourth-order valence-corrected chi connectivity index (χ4v) is 5.71. The molecular weight excluding hydrogens is 410 g/mol. The van der Waals surface area contributed by atoms with Crippen LogP contribution in [0.3, 0.4) is 0 Å². The van der Waals surface area contributed by atoms with Crippen molar-refractivity contribution in [1.82, 2.24) is 0 Å². The first-order chi connectivity index (χ1) is 16.2. The van der Waals surface area contributed by atoms with Gasteiger partial charge >= 0.3 is 0 Å². The van der Waals surface area contributed by atoms with Gasteiger partial charge in [-0.2, -0.15) is 0 Å². The highest BCUT2D eigenvalue weighted by Crippen LogP contribution is 2.39. The van der Waals surface area contributed by atoms with Crippen LogP contribution < -0.4 is 0 Å². The number of hydrogen-bond donors (Lipinski definition) is 0. The summed E-state index contributed by atoms with van der Waals surface area (Å²) in [6.07, 6.45) is 25.8. The third-order valence-electron chi connectivity index (χ3n) is 7.99. The second kappa shape index (κ2) is 17.5. The van der Waals surface area contributed by atoms with E-state index in [4.69, 9.17) is 0 Å². The summed E-state index contributed by atoms with van der Waals surface area (Å²) in [5.74, 6) is -0.116. The second-order valence-corrected chi connectivity index (χ2v) is 10.8. The van der Waals surface area contributed by atoms with E-state index in [9.17, 15) is 8.78 Å². The minimum absolute atomic E-state index is 0.211. The second-order valence-electron chi connectivity index (χ2n) is 10.8. The Morgan fingerprint density at radius 1 is 0.606 bits per heavy atom. The third kappa shape index (κ3) is 10.9. The molecule has 0 unspecified atom stereocenters. The standard InChI is InChI=1S/C31H52F2/c1-3-5-7-8-9-10-11-12-13-14-15-17-19-28-24-25-29(31(33)30(28)32)27-22-20-26(21-23-27)18-16-6-4-2/h24-27H,3-23H2,1-2H3. The molecule has 1 fully saturated rings. The molecule has 1 saturated carbocycles. The van der Waals surface area contributed by atoms with Gasteiger partial charge in [-0.25, -0.2) is 8.78 Å². The summed E-state index contributed by atoms with van der Waals surface area (Å²) >= 11 is 0. The number of rotatable bonds is 18. The Morgan fingerprint density at radius 2 is 1.12 bits per heavy atom. The predicted octanol–water partition coefficient (Wildman–Crippen LogP) is 11.1. The van der Waals surface area contributed by atoms with Gasteiger partial charge < -0.3 is 0 Å². The molecule has 0 amide bonds. The van der Waals surface area contributed by atoms with Crippen LogP contribution in [0.1, 0.15) is 159 Å². The maximum Gasteiger partial charge on any atom is 0.162 e. The molecule has 0 nitrogen and oxygen atoms in total. The smallest absolute Gasteiger partial charge is 0.162 e. The fraction of sp³-hybridized carbons (Fsp3) is 0.806. The van der Waals surface area contributed by atoms with Gasteiger partial charge in [-0.05, 0) is 61.5 Å². The van der Waals surface area contributed by atoms with Gasteiger partial charge in [0.2, 0.25) is 0 Å². The molecule has 0 aliphatic heterocycles. The van der Waals surface area contributed by atoms with E-state index < -0.39 is 11.6 Å². The van der Waals surface area contributed by atoms with Crippen LogP contribution in [0.5, 0.6) is 0 Å². The highest BCUT2D eigenvalue weighted by atomic mass is 19.2. The molecule has 1 aromatic rings. The van der Waals surface area contributed by atoms with E-state index in [2.05, 4.69) is 13.8 Å². The van der Waals surface area contributed by atoms with Crippen LogP contribution >= 0.6 is 0 Å². The van der Waals surface area contributed by atoms with E-state index in [0.29, 0.717) is 17.5 Å². The topological polar surface area (TPSA) is 0 Å². The average Bonchev–Trinajstić information content (AvgIpc) is 2.83. The van der Waals surface area contributed by atoms with Crippen LogP contribution in [0.2, 0.25) is 0 Å². The molecule has 0 radical (unpaired) electrons. The van der Waals surface area contributed by atoms with Gasteiger partial charge in [-0.3, -0.25) is 0 Å². The van der Waals surface area contributed by atoms with E-state index >= 15 is 0 Å². The molecule has 33 heavy (non-hydrogen) atoms. The van der Waals surface area contributed by atoms with Gasteiger partial charge in [0.25, 0.3) is 0 Å². The Morgan fingerprint density at radius 3 is 1.70 bits per heavy atom. The molecule has 0 bridgehead atoms. The monoisotopic (exact) mass is 462 g/mol. The number of aryl methyl sites for hydroxylation is 1. The molecule has 1 aliphatic carbocycles. The molecule has 0 spiro atoms. The molecule has 0 N–H and O–H groups in total. The Balaban J connectivity index is 1.61. The van der Waals surface area contributed by atoms with E-state index in [1.165, 1.54) is 103 Å². The number of halogens is 2. The largest absolute Gasteiger partial charge is 0.203 e. The predicted molar refractivity (Wildman–Crippen MR) is 140 cm³/mol. The molecule has 2 rings (SSSR count). The first-order valence-electron chi connectivity index (χ1n) is 14.6. The van der Waals surface area contributed by atoms with Crippen LogP contribution in [-0.4, -0.2) is 0 Å². The van der Waals surface area contributed by atoms with E-state index in [1.54, 1.807) is 0 Å². The van der Waals surface area contributed by atoms with Crippen LogP contribution in [0.15, 0.2) is 12.1 Å².